The molecule has 4 nitrogen and oxygen atoms in total. The van der Waals surface area contributed by atoms with Gasteiger partial charge in [0, 0.05) is 25.7 Å². The van der Waals surface area contributed by atoms with Gasteiger partial charge in [0.25, 0.3) is 0 Å². The van der Waals surface area contributed by atoms with E-state index in [1.54, 1.807) is 4.31 Å². The highest BCUT2D eigenvalue weighted by Crippen LogP contribution is 2.26. The molecule has 1 atom stereocenters. The monoisotopic (exact) mass is 288 g/mol. The number of hydrogen-bond acceptors (Lipinski definition) is 3. The SMILES string of the molecule is CCCC(CCC)S(=O)(=O)N1CCN2CCCC2C1. The maximum absolute atomic E-state index is 12.8. The Bertz CT molecular complexity index is 377. The van der Waals surface area contributed by atoms with Gasteiger partial charge < -0.3 is 0 Å². The molecule has 5 heteroatoms. The molecule has 0 aromatic heterocycles. The Kier molecular flexibility index (Phi) is 5.26. The summed E-state index contributed by atoms with van der Waals surface area (Å²) >= 11 is 0. The molecule has 2 saturated heterocycles. The molecule has 0 radical (unpaired) electrons. The summed E-state index contributed by atoms with van der Waals surface area (Å²) in [5.74, 6) is 0. The number of fused-ring (bicyclic) bond motifs is 1. The molecular formula is C14H28N2O2S. The van der Waals surface area contributed by atoms with Crippen LogP contribution in [0.5, 0.6) is 0 Å². The van der Waals surface area contributed by atoms with Crippen molar-refractivity contribution in [3.63, 3.8) is 0 Å². The standard InChI is InChI=1S/C14H28N2O2S/c1-3-6-14(7-4-2)19(17,18)16-11-10-15-9-5-8-13(15)12-16/h13-14H,3-12H2,1-2H3. The topological polar surface area (TPSA) is 40.6 Å². The number of hydrogen-bond donors (Lipinski definition) is 0. The first-order valence-corrected chi connectivity index (χ1v) is 9.33. The Hall–Kier alpha value is -0.130. The normalized spacial score (nSPS) is 25.9. The first-order chi connectivity index (χ1) is 9.09. The highest BCUT2D eigenvalue weighted by molar-refractivity contribution is 7.89. The van der Waals surface area contributed by atoms with Gasteiger partial charge in [0.15, 0.2) is 0 Å². The molecule has 1 unspecified atom stereocenters. The average molecular weight is 288 g/mol. The van der Waals surface area contributed by atoms with Crippen molar-refractivity contribution in [3.05, 3.63) is 0 Å². The Morgan fingerprint density at radius 2 is 1.79 bits per heavy atom. The first kappa shape index (κ1) is 15.3. The molecule has 0 aliphatic carbocycles. The Balaban J connectivity index is 2.05. The number of piperazine rings is 1. The Labute approximate surface area is 118 Å². The second-order valence-corrected chi connectivity index (χ2v) is 8.15. The van der Waals surface area contributed by atoms with E-state index >= 15 is 0 Å². The van der Waals surface area contributed by atoms with E-state index in [1.165, 1.54) is 6.42 Å². The van der Waals surface area contributed by atoms with E-state index in [0.29, 0.717) is 12.6 Å². The molecule has 19 heavy (non-hydrogen) atoms. The lowest BCUT2D eigenvalue weighted by atomic mass is 10.2. The summed E-state index contributed by atoms with van der Waals surface area (Å²) in [4.78, 5) is 2.46. The van der Waals surface area contributed by atoms with Crippen LogP contribution in [0, 0.1) is 0 Å². The maximum atomic E-state index is 12.8. The van der Waals surface area contributed by atoms with Crippen molar-refractivity contribution in [2.45, 2.75) is 63.7 Å². The summed E-state index contributed by atoms with van der Waals surface area (Å²) in [6.07, 6.45) is 5.91. The molecule has 112 valence electrons. The van der Waals surface area contributed by atoms with E-state index < -0.39 is 10.0 Å². The highest BCUT2D eigenvalue weighted by atomic mass is 32.2. The van der Waals surface area contributed by atoms with Gasteiger partial charge in [-0.25, -0.2) is 8.42 Å². The van der Waals surface area contributed by atoms with Gasteiger partial charge in [0.1, 0.15) is 0 Å². The van der Waals surface area contributed by atoms with E-state index in [4.69, 9.17) is 0 Å². The van der Waals surface area contributed by atoms with Crippen LogP contribution in [0.25, 0.3) is 0 Å². The van der Waals surface area contributed by atoms with Crippen LogP contribution in [0.4, 0.5) is 0 Å². The minimum Gasteiger partial charge on any atom is -0.298 e. The van der Waals surface area contributed by atoms with E-state index in [-0.39, 0.29) is 5.25 Å². The zero-order valence-electron chi connectivity index (χ0n) is 12.3. The number of nitrogens with zero attached hydrogens (tertiary/aromatic N) is 2. The van der Waals surface area contributed by atoms with Crippen molar-refractivity contribution in [2.24, 2.45) is 0 Å². The molecule has 0 spiro atoms. The average Bonchev–Trinajstić information content (AvgIpc) is 2.85. The van der Waals surface area contributed by atoms with Crippen LogP contribution in [0.2, 0.25) is 0 Å². The van der Waals surface area contributed by atoms with Crippen LogP contribution in [0.1, 0.15) is 52.4 Å². The van der Waals surface area contributed by atoms with E-state index in [0.717, 1.165) is 51.7 Å². The third kappa shape index (κ3) is 3.31. The van der Waals surface area contributed by atoms with Gasteiger partial charge in [-0.1, -0.05) is 26.7 Å². The maximum Gasteiger partial charge on any atom is 0.217 e. The van der Waals surface area contributed by atoms with Gasteiger partial charge >= 0.3 is 0 Å². The van der Waals surface area contributed by atoms with Crippen LogP contribution in [0.15, 0.2) is 0 Å². The zero-order chi connectivity index (χ0) is 13.9. The molecule has 0 aromatic rings. The summed E-state index contributed by atoms with van der Waals surface area (Å²) in [7, 11) is -3.08. The predicted molar refractivity (Wildman–Crippen MR) is 78.7 cm³/mol. The molecule has 0 aromatic carbocycles. The van der Waals surface area contributed by atoms with Gasteiger partial charge in [-0.15, -0.1) is 0 Å². The fraction of sp³-hybridized carbons (Fsp3) is 1.00. The zero-order valence-corrected chi connectivity index (χ0v) is 13.2. The summed E-state index contributed by atoms with van der Waals surface area (Å²) in [6, 6.07) is 0.479. The van der Waals surface area contributed by atoms with Crippen molar-refractivity contribution in [3.8, 4) is 0 Å². The van der Waals surface area contributed by atoms with Gasteiger partial charge in [-0.3, -0.25) is 4.90 Å². The molecule has 2 aliphatic heterocycles. The number of sulfonamides is 1. The van der Waals surface area contributed by atoms with Gasteiger partial charge in [0.2, 0.25) is 10.0 Å². The van der Waals surface area contributed by atoms with Crippen LogP contribution in [0.3, 0.4) is 0 Å². The molecule has 2 fully saturated rings. The smallest absolute Gasteiger partial charge is 0.217 e. The quantitative estimate of drug-likeness (QED) is 0.751. The van der Waals surface area contributed by atoms with Crippen molar-refractivity contribution in [1.29, 1.82) is 0 Å². The molecule has 2 rings (SSSR count). The van der Waals surface area contributed by atoms with Gasteiger partial charge in [-0.2, -0.15) is 4.31 Å². The third-order valence-electron chi connectivity index (χ3n) is 4.55. The van der Waals surface area contributed by atoms with Crippen molar-refractivity contribution in [2.75, 3.05) is 26.2 Å². The largest absolute Gasteiger partial charge is 0.298 e. The lowest BCUT2D eigenvalue weighted by molar-refractivity contribution is 0.157. The van der Waals surface area contributed by atoms with Crippen molar-refractivity contribution >= 4 is 10.0 Å². The van der Waals surface area contributed by atoms with Crippen molar-refractivity contribution < 1.29 is 8.42 Å². The van der Waals surface area contributed by atoms with Crippen molar-refractivity contribution in [1.82, 2.24) is 9.21 Å². The second-order valence-electron chi connectivity index (χ2n) is 5.93. The fourth-order valence-electron chi connectivity index (χ4n) is 3.49. The van der Waals surface area contributed by atoms with E-state index in [2.05, 4.69) is 18.7 Å². The van der Waals surface area contributed by atoms with E-state index in [1.807, 2.05) is 0 Å². The summed E-state index contributed by atoms with van der Waals surface area (Å²) in [6.45, 7) is 7.66. The number of rotatable bonds is 6. The minimum absolute atomic E-state index is 0.157. The van der Waals surface area contributed by atoms with Crippen LogP contribution in [-0.4, -0.2) is 55.1 Å². The summed E-state index contributed by atoms with van der Waals surface area (Å²) < 4.78 is 27.3. The lowest BCUT2D eigenvalue weighted by Crippen LogP contribution is -2.53. The van der Waals surface area contributed by atoms with Gasteiger partial charge in [-0.05, 0) is 32.2 Å². The molecule has 2 aliphatic rings. The Morgan fingerprint density at radius 1 is 1.11 bits per heavy atom. The lowest BCUT2D eigenvalue weighted by Gasteiger charge is -2.38. The summed E-state index contributed by atoms with van der Waals surface area (Å²) in [5.41, 5.74) is 0. The minimum atomic E-state index is -3.08. The Morgan fingerprint density at radius 3 is 2.42 bits per heavy atom. The molecule has 0 bridgehead atoms. The first-order valence-electron chi connectivity index (χ1n) is 7.82. The molecule has 0 amide bonds. The van der Waals surface area contributed by atoms with Crippen LogP contribution < -0.4 is 0 Å². The van der Waals surface area contributed by atoms with E-state index in [9.17, 15) is 8.42 Å². The molecule has 0 N–H and O–H groups in total. The summed E-state index contributed by atoms with van der Waals surface area (Å²) in [5, 5.41) is -0.157. The molecule has 2 heterocycles. The highest BCUT2D eigenvalue weighted by Gasteiger charge is 2.38. The molecular weight excluding hydrogens is 260 g/mol. The third-order valence-corrected chi connectivity index (χ3v) is 6.92. The molecule has 0 saturated carbocycles. The van der Waals surface area contributed by atoms with Crippen LogP contribution in [-0.2, 0) is 10.0 Å². The van der Waals surface area contributed by atoms with Crippen LogP contribution >= 0.6 is 0 Å². The second kappa shape index (κ2) is 6.55. The van der Waals surface area contributed by atoms with Gasteiger partial charge in [0.05, 0.1) is 5.25 Å². The predicted octanol–water partition coefficient (Wildman–Crippen LogP) is 2.06. The fourth-order valence-corrected chi connectivity index (χ4v) is 5.70.